The van der Waals surface area contributed by atoms with Crippen LogP contribution in [0.5, 0.6) is 0 Å². The second kappa shape index (κ2) is 5.78. The number of nitrogens with one attached hydrogen (secondary N) is 1. The summed E-state index contributed by atoms with van der Waals surface area (Å²) in [5.74, 6) is 0. The van der Waals surface area contributed by atoms with Gasteiger partial charge in [-0.25, -0.2) is 4.72 Å². The maximum atomic E-state index is 11.7. The lowest BCUT2D eigenvalue weighted by molar-refractivity contribution is 0.380. The Kier molecular flexibility index (Phi) is 4.50. The lowest BCUT2D eigenvalue weighted by atomic mass is 10.2. The molecule has 106 valence electrons. The summed E-state index contributed by atoms with van der Waals surface area (Å²) in [6.45, 7) is 4.50. The molecule has 1 fully saturated rings. The second-order valence-corrected chi connectivity index (χ2v) is 7.26. The number of piperazine rings is 1. The third kappa shape index (κ3) is 3.28. The first kappa shape index (κ1) is 14.8. The highest BCUT2D eigenvalue weighted by Crippen LogP contribution is 2.24. The van der Waals surface area contributed by atoms with E-state index in [1.54, 1.807) is 0 Å². The maximum absolute atomic E-state index is 11.7. The van der Waals surface area contributed by atoms with E-state index in [0.717, 1.165) is 10.2 Å². The zero-order valence-electron chi connectivity index (χ0n) is 11.1. The summed E-state index contributed by atoms with van der Waals surface area (Å²) in [6.07, 6.45) is 0. The van der Waals surface area contributed by atoms with Crippen molar-refractivity contribution in [1.29, 1.82) is 0 Å². The second-order valence-electron chi connectivity index (χ2n) is 4.53. The van der Waals surface area contributed by atoms with Crippen LogP contribution in [0.15, 0.2) is 22.7 Å². The Balaban J connectivity index is 2.06. The first-order chi connectivity index (χ1) is 8.94. The third-order valence-corrected chi connectivity index (χ3v) is 5.79. The fourth-order valence-corrected chi connectivity index (χ4v) is 3.29. The minimum atomic E-state index is -3.29. The van der Waals surface area contributed by atoms with Crippen molar-refractivity contribution in [3.8, 4) is 0 Å². The molecule has 0 aromatic heterocycles. The predicted molar refractivity (Wildman–Crippen MR) is 80.6 cm³/mol. The normalized spacial score (nSPS) is 17.7. The monoisotopic (exact) mass is 347 g/mol. The molecule has 1 N–H and O–H groups in total. The van der Waals surface area contributed by atoms with Crippen LogP contribution < -0.4 is 9.62 Å². The van der Waals surface area contributed by atoms with E-state index in [4.69, 9.17) is 0 Å². The van der Waals surface area contributed by atoms with Gasteiger partial charge in [0.1, 0.15) is 0 Å². The molecule has 0 unspecified atom stereocenters. The van der Waals surface area contributed by atoms with Gasteiger partial charge in [-0.1, -0.05) is 15.9 Å². The molecule has 1 heterocycles. The first-order valence-electron chi connectivity index (χ1n) is 6.14. The van der Waals surface area contributed by atoms with E-state index >= 15 is 0 Å². The third-order valence-electron chi connectivity index (χ3n) is 3.34. The van der Waals surface area contributed by atoms with Gasteiger partial charge in [-0.2, -0.15) is 12.7 Å². The molecule has 7 heteroatoms. The zero-order chi connectivity index (χ0) is 14.0. The highest BCUT2D eigenvalue weighted by atomic mass is 79.9. The number of benzene rings is 1. The standard InChI is InChI=1S/C12H18BrN3O2S/c1-10-9-11(3-4-12(10)13)15-5-7-16(8-6-15)19(17,18)14-2/h3-4,9,14H,5-8H2,1-2H3. The van der Waals surface area contributed by atoms with E-state index in [0.29, 0.717) is 26.2 Å². The van der Waals surface area contributed by atoms with Crippen LogP contribution >= 0.6 is 15.9 Å². The largest absolute Gasteiger partial charge is 0.369 e. The van der Waals surface area contributed by atoms with Gasteiger partial charge in [-0.15, -0.1) is 0 Å². The van der Waals surface area contributed by atoms with E-state index in [1.807, 2.05) is 6.07 Å². The summed E-state index contributed by atoms with van der Waals surface area (Å²) >= 11 is 3.48. The van der Waals surface area contributed by atoms with E-state index < -0.39 is 10.2 Å². The smallest absolute Gasteiger partial charge is 0.279 e. The molecule has 0 bridgehead atoms. The summed E-state index contributed by atoms with van der Waals surface area (Å²) in [6, 6.07) is 6.20. The van der Waals surface area contributed by atoms with Crippen LogP contribution in [-0.2, 0) is 10.2 Å². The van der Waals surface area contributed by atoms with Crippen molar-refractivity contribution < 1.29 is 8.42 Å². The molecule has 0 spiro atoms. The number of nitrogens with zero attached hydrogens (tertiary/aromatic N) is 2. The highest BCUT2D eigenvalue weighted by Gasteiger charge is 2.25. The van der Waals surface area contributed by atoms with Crippen molar-refractivity contribution in [3.63, 3.8) is 0 Å². The number of anilines is 1. The summed E-state index contributed by atoms with van der Waals surface area (Å²) in [5.41, 5.74) is 2.32. The fourth-order valence-electron chi connectivity index (χ4n) is 2.14. The molecule has 0 aliphatic carbocycles. The summed E-state index contributed by atoms with van der Waals surface area (Å²) in [4.78, 5) is 2.21. The van der Waals surface area contributed by atoms with E-state index in [1.165, 1.54) is 16.9 Å². The lowest BCUT2D eigenvalue weighted by Crippen LogP contribution is -2.51. The van der Waals surface area contributed by atoms with Gasteiger partial charge >= 0.3 is 0 Å². The molecule has 0 saturated carbocycles. The molecule has 1 aliphatic heterocycles. The molecule has 1 saturated heterocycles. The quantitative estimate of drug-likeness (QED) is 0.897. The average Bonchev–Trinajstić information content (AvgIpc) is 2.42. The Hall–Kier alpha value is -0.630. The number of rotatable bonds is 3. The van der Waals surface area contributed by atoms with Crippen LogP contribution in [0.2, 0.25) is 0 Å². The van der Waals surface area contributed by atoms with Gasteiger partial charge in [0, 0.05) is 43.4 Å². The van der Waals surface area contributed by atoms with E-state index in [2.05, 4.69) is 44.6 Å². The topological polar surface area (TPSA) is 52.7 Å². The average molecular weight is 348 g/mol. The number of hydrogen-bond donors (Lipinski definition) is 1. The molecule has 1 aromatic carbocycles. The SMILES string of the molecule is CNS(=O)(=O)N1CCN(c2ccc(Br)c(C)c2)CC1. The van der Waals surface area contributed by atoms with Gasteiger partial charge in [0.2, 0.25) is 0 Å². The summed E-state index contributed by atoms with van der Waals surface area (Å²) < 4.78 is 28.3. The summed E-state index contributed by atoms with van der Waals surface area (Å²) in [7, 11) is -1.85. The number of hydrogen-bond acceptors (Lipinski definition) is 3. The van der Waals surface area contributed by atoms with Crippen molar-refractivity contribution in [2.45, 2.75) is 6.92 Å². The first-order valence-corrected chi connectivity index (χ1v) is 8.37. The van der Waals surface area contributed by atoms with Crippen LogP contribution in [0.4, 0.5) is 5.69 Å². The summed E-state index contributed by atoms with van der Waals surface area (Å²) in [5, 5.41) is 0. The Morgan fingerprint density at radius 2 is 1.84 bits per heavy atom. The molecule has 0 amide bonds. The molecule has 1 aromatic rings. The molecule has 5 nitrogen and oxygen atoms in total. The number of halogens is 1. The van der Waals surface area contributed by atoms with Crippen molar-refractivity contribution in [3.05, 3.63) is 28.2 Å². The van der Waals surface area contributed by atoms with Crippen LogP contribution in [0.25, 0.3) is 0 Å². The van der Waals surface area contributed by atoms with Crippen LogP contribution in [-0.4, -0.2) is 45.9 Å². The van der Waals surface area contributed by atoms with Gasteiger partial charge in [0.25, 0.3) is 10.2 Å². The van der Waals surface area contributed by atoms with E-state index in [-0.39, 0.29) is 0 Å². The van der Waals surface area contributed by atoms with Gasteiger partial charge in [0.15, 0.2) is 0 Å². The Morgan fingerprint density at radius 3 is 2.37 bits per heavy atom. The van der Waals surface area contributed by atoms with Crippen LogP contribution in [0.3, 0.4) is 0 Å². The minimum Gasteiger partial charge on any atom is -0.369 e. The maximum Gasteiger partial charge on any atom is 0.279 e. The highest BCUT2D eigenvalue weighted by molar-refractivity contribution is 9.10. The molecule has 1 aliphatic rings. The van der Waals surface area contributed by atoms with Gasteiger partial charge in [-0.05, 0) is 30.7 Å². The van der Waals surface area contributed by atoms with Crippen LogP contribution in [0, 0.1) is 6.92 Å². The minimum absolute atomic E-state index is 0.512. The Bertz CT molecular complexity index is 554. The molecule has 0 atom stereocenters. The van der Waals surface area contributed by atoms with Crippen molar-refractivity contribution in [2.24, 2.45) is 0 Å². The molecular weight excluding hydrogens is 330 g/mol. The lowest BCUT2D eigenvalue weighted by Gasteiger charge is -2.35. The van der Waals surface area contributed by atoms with Crippen molar-refractivity contribution in [1.82, 2.24) is 9.03 Å². The zero-order valence-corrected chi connectivity index (χ0v) is 13.5. The molecule has 2 rings (SSSR count). The molecule has 19 heavy (non-hydrogen) atoms. The Morgan fingerprint density at radius 1 is 1.21 bits per heavy atom. The Labute approximate surface area is 122 Å². The molecular formula is C12H18BrN3O2S. The predicted octanol–water partition coefficient (Wildman–Crippen LogP) is 1.34. The van der Waals surface area contributed by atoms with Crippen LogP contribution in [0.1, 0.15) is 5.56 Å². The van der Waals surface area contributed by atoms with Crippen molar-refractivity contribution in [2.75, 3.05) is 38.1 Å². The van der Waals surface area contributed by atoms with Gasteiger partial charge in [-0.3, -0.25) is 0 Å². The van der Waals surface area contributed by atoms with Gasteiger partial charge in [0.05, 0.1) is 0 Å². The van der Waals surface area contributed by atoms with Crippen molar-refractivity contribution >= 4 is 31.8 Å². The van der Waals surface area contributed by atoms with Gasteiger partial charge < -0.3 is 4.90 Å². The van der Waals surface area contributed by atoms with E-state index in [9.17, 15) is 8.42 Å². The fraction of sp³-hybridized carbons (Fsp3) is 0.500. The molecule has 0 radical (unpaired) electrons. The number of aryl methyl sites for hydroxylation is 1.